The molecule has 0 aliphatic carbocycles. The molecule has 0 amide bonds. The predicted molar refractivity (Wildman–Crippen MR) is 125 cm³/mol. The molecule has 4 rings (SSSR count). The number of ether oxygens (including phenoxy) is 1. The second-order valence-corrected chi connectivity index (χ2v) is 8.91. The van der Waals surface area contributed by atoms with Crippen molar-refractivity contribution < 1.29 is 14.5 Å². The maximum atomic E-state index is 9.21. The number of hydrogen-bond donors (Lipinski definition) is 2. The molecule has 0 radical (unpaired) electrons. The van der Waals surface area contributed by atoms with E-state index in [2.05, 4.69) is 9.88 Å². The summed E-state index contributed by atoms with van der Waals surface area (Å²) in [7, 11) is -0.140. The van der Waals surface area contributed by atoms with E-state index in [1.54, 1.807) is 19.5 Å². The zero-order valence-corrected chi connectivity index (χ0v) is 18.4. The van der Waals surface area contributed by atoms with Gasteiger partial charge >= 0.3 is 0 Å². The normalized spacial score (nSPS) is 15.3. The molecule has 3 aromatic rings. The summed E-state index contributed by atoms with van der Waals surface area (Å²) in [5, 5.41) is 1.01. The third-order valence-corrected chi connectivity index (χ3v) is 6.32. The lowest BCUT2D eigenvalue weighted by Gasteiger charge is -2.33. The largest absolute Gasteiger partial charge is 0.497 e. The molecule has 1 fully saturated rings. The van der Waals surface area contributed by atoms with Gasteiger partial charge in [-0.25, -0.2) is 9.97 Å². The monoisotopic (exact) mass is 438 g/mol. The highest BCUT2D eigenvalue weighted by atomic mass is 31.2. The zero-order chi connectivity index (χ0) is 21.6. The first-order chi connectivity index (χ1) is 15.1. The molecule has 1 saturated heterocycles. The Morgan fingerprint density at radius 3 is 2.71 bits per heavy atom. The Hall–Kier alpha value is -2.60. The Morgan fingerprint density at radius 2 is 2.00 bits per heavy atom. The molecule has 0 bridgehead atoms. The third-order valence-electron chi connectivity index (χ3n) is 5.66. The van der Waals surface area contributed by atoms with Gasteiger partial charge < -0.3 is 19.4 Å². The second-order valence-electron chi connectivity index (χ2n) is 7.72. The number of nitrogens with zero attached hydrogens (tertiary/aromatic N) is 4. The van der Waals surface area contributed by atoms with Crippen LogP contribution in [0.1, 0.15) is 30.7 Å². The number of piperidine rings is 1. The van der Waals surface area contributed by atoms with Crippen LogP contribution in [0.15, 0.2) is 42.7 Å². The number of rotatable bonds is 7. The highest BCUT2D eigenvalue weighted by Gasteiger charge is 2.23. The first kappa shape index (κ1) is 21.6. The number of pyridine rings is 1. The Labute approximate surface area is 183 Å². The molecule has 31 heavy (non-hydrogen) atoms. The summed E-state index contributed by atoms with van der Waals surface area (Å²) in [5.74, 6) is 2.87. The zero-order valence-electron chi connectivity index (χ0n) is 17.6. The quantitative estimate of drug-likeness (QED) is 0.537. The van der Waals surface area contributed by atoms with E-state index in [0.717, 1.165) is 60.4 Å². The Balaban J connectivity index is 1.61. The number of fused-ring (bicyclic) bond motifs is 1. The Kier molecular flexibility index (Phi) is 7.07. The molecule has 8 heteroatoms. The van der Waals surface area contributed by atoms with Gasteiger partial charge in [-0.05, 0) is 61.1 Å². The fourth-order valence-corrected chi connectivity index (χ4v) is 4.53. The Bertz CT molecular complexity index is 1040. The Morgan fingerprint density at radius 1 is 1.16 bits per heavy atom. The van der Waals surface area contributed by atoms with Crippen LogP contribution < -0.4 is 9.64 Å². The van der Waals surface area contributed by atoms with Crippen molar-refractivity contribution in [1.29, 1.82) is 0 Å². The van der Waals surface area contributed by atoms with Gasteiger partial charge in [0.1, 0.15) is 11.6 Å². The third kappa shape index (κ3) is 5.56. The van der Waals surface area contributed by atoms with Crippen LogP contribution in [0.25, 0.3) is 23.1 Å². The summed E-state index contributed by atoms with van der Waals surface area (Å²) in [6.45, 7) is 1.78. The standard InChI is InChI=1S/C23H27N4O3P/c1-30-19-5-6-20-21(15-19)25-22(7-4-18-3-2-11-24-16-18)26-23(20)27-12-8-17(9-13-27)10-14-31(28)29/h2-7,11,15-17,28-29H,8-10,12-14H2,1H3/b7-4+. The summed E-state index contributed by atoms with van der Waals surface area (Å²) >= 11 is 0. The van der Waals surface area contributed by atoms with Crippen molar-refractivity contribution in [3.63, 3.8) is 0 Å². The van der Waals surface area contributed by atoms with Crippen LogP contribution >= 0.6 is 8.38 Å². The lowest BCUT2D eigenvalue weighted by atomic mass is 9.94. The molecule has 0 saturated carbocycles. The minimum atomic E-state index is -1.79. The van der Waals surface area contributed by atoms with Crippen LogP contribution in [0.5, 0.6) is 5.75 Å². The van der Waals surface area contributed by atoms with Crippen molar-refractivity contribution in [2.45, 2.75) is 19.3 Å². The van der Waals surface area contributed by atoms with Crippen molar-refractivity contribution in [2.24, 2.45) is 5.92 Å². The predicted octanol–water partition coefficient (Wildman–Crippen LogP) is 4.11. The van der Waals surface area contributed by atoms with Gasteiger partial charge in [0.2, 0.25) is 0 Å². The van der Waals surface area contributed by atoms with Gasteiger partial charge in [-0.1, -0.05) is 6.07 Å². The van der Waals surface area contributed by atoms with Gasteiger partial charge in [0.15, 0.2) is 14.2 Å². The lowest BCUT2D eigenvalue weighted by molar-refractivity contribution is 0.386. The van der Waals surface area contributed by atoms with Gasteiger partial charge in [-0.15, -0.1) is 0 Å². The van der Waals surface area contributed by atoms with Gasteiger partial charge in [-0.3, -0.25) is 4.98 Å². The maximum Gasteiger partial charge on any atom is 0.164 e. The molecule has 2 N–H and O–H groups in total. The van der Waals surface area contributed by atoms with Gasteiger partial charge in [0, 0.05) is 43.1 Å². The van der Waals surface area contributed by atoms with E-state index in [1.807, 2.05) is 42.5 Å². The fraction of sp³-hybridized carbons (Fsp3) is 0.348. The van der Waals surface area contributed by atoms with Crippen LogP contribution in [0.3, 0.4) is 0 Å². The van der Waals surface area contributed by atoms with Crippen molar-refractivity contribution in [1.82, 2.24) is 15.0 Å². The molecule has 0 atom stereocenters. The van der Waals surface area contributed by atoms with Crippen molar-refractivity contribution >= 4 is 37.2 Å². The minimum absolute atomic E-state index is 0.500. The molecule has 1 aliphatic rings. The first-order valence-electron chi connectivity index (χ1n) is 10.5. The van der Waals surface area contributed by atoms with E-state index >= 15 is 0 Å². The lowest BCUT2D eigenvalue weighted by Crippen LogP contribution is -2.34. The van der Waals surface area contributed by atoms with Crippen LogP contribution in [0, 0.1) is 5.92 Å². The summed E-state index contributed by atoms with van der Waals surface area (Å²) in [6.07, 6.45) is 10.8. The van der Waals surface area contributed by atoms with E-state index in [1.165, 1.54) is 0 Å². The number of aromatic nitrogens is 3. The smallest absolute Gasteiger partial charge is 0.164 e. The highest BCUT2D eigenvalue weighted by molar-refractivity contribution is 7.45. The number of anilines is 1. The van der Waals surface area contributed by atoms with Crippen LogP contribution in [0.4, 0.5) is 5.82 Å². The molecular weight excluding hydrogens is 411 g/mol. The topological polar surface area (TPSA) is 91.6 Å². The molecule has 1 aromatic carbocycles. The summed E-state index contributed by atoms with van der Waals surface area (Å²) in [4.78, 5) is 34.5. The van der Waals surface area contributed by atoms with E-state index in [0.29, 0.717) is 17.9 Å². The van der Waals surface area contributed by atoms with Gasteiger partial charge in [0.05, 0.1) is 12.6 Å². The van der Waals surface area contributed by atoms with Crippen LogP contribution in [-0.4, -0.2) is 51.1 Å². The summed E-state index contributed by atoms with van der Waals surface area (Å²) in [5.41, 5.74) is 1.84. The first-order valence-corrected chi connectivity index (χ1v) is 11.9. The SMILES string of the molecule is COc1ccc2c(N3CCC(CCP(O)O)CC3)nc(/C=C/c3cccnc3)nc2c1. The summed E-state index contributed by atoms with van der Waals surface area (Å²) < 4.78 is 5.40. The van der Waals surface area contributed by atoms with E-state index in [-0.39, 0.29) is 0 Å². The average molecular weight is 438 g/mol. The summed E-state index contributed by atoms with van der Waals surface area (Å²) in [6, 6.07) is 9.80. The molecule has 162 valence electrons. The number of benzene rings is 1. The molecule has 2 aromatic heterocycles. The van der Waals surface area contributed by atoms with Crippen molar-refractivity contribution in [2.75, 3.05) is 31.3 Å². The molecule has 0 unspecified atom stereocenters. The highest BCUT2D eigenvalue weighted by Crippen LogP contribution is 2.33. The molecule has 7 nitrogen and oxygen atoms in total. The van der Waals surface area contributed by atoms with Crippen LogP contribution in [0.2, 0.25) is 0 Å². The van der Waals surface area contributed by atoms with Crippen LogP contribution in [-0.2, 0) is 0 Å². The maximum absolute atomic E-state index is 9.21. The molecule has 0 spiro atoms. The van der Waals surface area contributed by atoms with Gasteiger partial charge in [0.25, 0.3) is 0 Å². The second kappa shape index (κ2) is 10.1. The fourth-order valence-electron chi connectivity index (χ4n) is 3.93. The van der Waals surface area contributed by atoms with E-state index < -0.39 is 8.38 Å². The number of hydrogen-bond acceptors (Lipinski definition) is 7. The van der Waals surface area contributed by atoms with Crippen molar-refractivity contribution in [3.8, 4) is 5.75 Å². The number of methoxy groups -OCH3 is 1. The van der Waals surface area contributed by atoms with E-state index in [9.17, 15) is 9.79 Å². The van der Waals surface area contributed by atoms with Crippen molar-refractivity contribution in [3.05, 3.63) is 54.1 Å². The molecule has 1 aliphatic heterocycles. The minimum Gasteiger partial charge on any atom is -0.497 e. The average Bonchev–Trinajstić information content (AvgIpc) is 2.81. The van der Waals surface area contributed by atoms with Gasteiger partial charge in [-0.2, -0.15) is 0 Å². The molecular formula is C23H27N4O3P. The molecule has 3 heterocycles. The van der Waals surface area contributed by atoms with E-state index in [4.69, 9.17) is 14.7 Å².